The molecule has 8 atom stereocenters. The van der Waals surface area contributed by atoms with Crippen molar-refractivity contribution in [1.82, 2.24) is 0 Å². The maximum Gasteiger partial charge on any atom is 0.331 e. The summed E-state index contributed by atoms with van der Waals surface area (Å²) in [4.78, 5) is 36.9. The van der Waals surface area contributed by atoms with Gasteiger partial charge in [-0.1, -0.05) is 6.92 Å². The van der Waals surface area contributed by atoms with Gasteiger partial charge < -0.3 is 14.6 Å². The predicted octanol–water partition coefficient (Wildman–Crippen LogP) is 3.35. The Kier molecular flexibility index (Phi) is 4.71. The maximum atomic E-state index is 13.8. The summed E-state index contributed by atoms with van der Waals surface area (Å²) in [5, 5.41) is 12.2. The van der Waals surface area contributed by atoms with Crippen LogP contribution in [0.2, 0.25) is 0 Å². The lowest BCUT2D eigenvalue weighted by Gasteiger charge is -2.62. The number of ketones is 1. The summed E-state index contributed by atoms with van der Waals surface area (Å²) >= 11 is 0. The molecule has 0 aromatic rings. The van der Waals surface area contributed by atoms with Crippen LogP contribution in [0.1, 0.15) is 72.1 Å². The van der Waals surface area contributed by atoms with Gasteiger partial charge >= 0.3 is 11.9 Å². The number of fused-ring (bicyclic) bond motifs is 5. The summed E-state index contributed by atoms with van der Waals surface area (Å²) in [6, 6.07) is 0. The van der Waals surface area contributed by atoms with E-state index in [-0.39, 0.29) is 53.6 Å². The van der Waals surface area contributed by atoms with Crippen molar-refractivity contribution in [3.63, 3.8) is 0 Å². The molecule has 4 aliphatic carbocycles. The molecule has 0 unspecified atom stereocenters. The number of cyclic esters (lactones) is 1. The minimum absolute atomic E-state index is 0.0178. The molecule has 0 aromatic heterocycles. The van der Waals surface area contributed by atoms with Crippen LogP contribution in [0, 0.1) is 34.5 Å². The smallest absolute Gasteiger partial charge is 0.331 e. The lowest BCUT2D eigenvalue weighted by atomic mass is 9.43. The van der Waals surface area contributed by atoms with Gasteiger partial charge in [0.25, 0.3) is 0 Å². The van der Waals surface area contributed by atoms with Gasteiger partial charge in [-0.05, 0) is 86.5 Å². The predicted molar refractivity (Wildman–Crippen MR) is 112 cm³/mol. The molecule has 4 fully saturated rings. The van der Waals surface area contributed by atoms with Crippen LogP contribution in [0.25, 0.3) is 0 Å². The van der Waals surface area contributed by atoms with E-state index in [1.54, 1.807) is 0 Å². The molecular weight excluding hydrogens is 396 g/mol. The first-order valence-corrected chi connectivity index (χ1v) is 11.9. The van der Waals surface area contributed by atoms with Crippen molar-refractivity contribution in [3.8, 4) is 0 Å². The second kappa shape index (κ2) is 6.90. The molecule has 0 amide bonds. The van der Waals surface area contributed by atoms with Crippen molar-refractivity contribution in [3.05, 3.63) is 11.6 Å². The Morgan fingerprint density at radius 2 is 1.90 bits per heavy atom. The first-order chi connectivity index (χ1) is 14.6. The van der Waals surface area contributed by atoms with E-state index in [4.69, 9.17) is 9.47 Å². The maximum absolute atomic E-state index is 13.8. The molecule has 6 heteroatoms. The molecule has 1 N–H and O–H groups in total. The minimum atomic E-state index is -1.04. The molecular formula is C25H34O6. The quantitative estimate of drug-likeness (QED) is 0.676. The van der Waals surface area contributed by atoms with Gasteiger partial charge in [-0.2, -0.15) is 0 Å². The number of Topliss-reactive ketones (excluding diaryl/α,β-unsaturated/α-hetero) is 1. The molecule has 0 radical (unpaired) electrons. The van der Waals surface area contributed by atoms with Crippen LogP contribution in [0.4, 0.5) is 0 Å². The number of carbonyl (C=O) groups is 3. The fraction of sp³-hybridized carbons (Fsp3) is 0.800. The molecule has 6 nitrogen and oxygen atoms in total. The Bertz CT molecular complexity index is 862. The highest BCUT2D eigenvalue weighted by molar-refractivity contribution is 5.90. The van der Waals surface area contributed by atoms with E-state index in [0.29, 0.717) is 18.8 Å². The zero-order valence-electron chi connectivity index (χ0n) is 18.8. The molecule has 1 aliphatic heterocycles. The number of hydrogen-bond donors (Lipinski definition) is 1. The molecule has 5 aliphatic rings. The molecule has 1 heterocycles. The van der Waals surface area contributed by atoms with Crippen LogP contribution in [-0.2, 0) is 23.9 Å². The van der Waals surface area contributed by atoms with Gasteiger partial charge in [-0.3, -0.25) is 9.59 Å². The van der Waals surface area contributed by atoms with Crippen molar-refractivity contribution in [2.24, 2.45) is 34.5 Å². The van der Waals surface area contributed by atoms with Gasteiger partial charge in [-0.15, -0.1) is 0 Å². The fourth-order valence-corrected chi connectivity index (χ4v) is 8.43. The molecule has 170 valence electrons. The number of esters is 2. The second-order valence-electron chi connectivity index (χ2n) is 11.2. The summed E-state index contributed by atoms with van der Waals surface area (Å²) in [5.41, 5.74) is -1.04. The minimum Gasteiger partial charge on any atom is -0.463 e. The lowest BCUT2D eigenvalue weighted by molar-refractivity contribution is -0.206. The number of aliphatic hydroxyl groups is 1. The Morgan fingerprint density at radius 1 is 1.13 bits per heavy atom. The number of rotatable bonds is 2. The Balaban J connectivity index is 1.45. The normalized spacial score (nSPS) is 48.9. The van der Waals surface area contributed by atoms with E-state index in [2.05, 4.69) is 6.92 Å². The molecule has 0 saturated heterocycles. The zero-order chi connectivity index (χ0) is 22.2. The van der Waals surface area contributed by atoms with E-state index in [1.165, 1.54) is 13.0 Å². The third-order valence-electron chi connectivity index (χ3n) is 10.1. The molecule has 0 spiro atoms. The van der Waals surface area contributed by atoms with Gasteiger partial charge in [0.05, 0.1) is 11.0 Å². The van der Waals surface area contributed by atoms with Gasteiger partial charge in [0.1, 0.15) is 18.5 Å². The number of ether oxygens (including phenoxy) is 2. The van der Waals surface area contributed by atoms with Crippen molar-refractivity contribution < 1.29 is 29.0 Å². The summed E-state index contributed by atoms with van der Waals surface area (Å²) in [6.07, 6.45) is 7.84. The molecule has 5 rings (SSSR count). The van der Waals surface area contributed by atoms with Crippen LogP contribution in [0.15, 0.2) is 11.6 Å². The Labute approximate surface area is 183 Å². The van der Waals surface area contributed by atoms with Crippen molar-refractivity contribution in [2.45, 2.75) is 83.8 Å². The Morgan fingerprint density at radius 3 is 2.58 bits per heavy atom. The fourth-order valence-electron chi connectivity index (χ4n) is 8.43. The average molecular weight is 431 g/mol. The van der Waals surface area contributed by atoms with Crippen LogP contribution >= 0.6 is 0 Å². The van der Waals surface area contributed by atoms with Gasteiger partial charge in [0.2, 0.25) is 0 Å². The summed E-state index contributed by atoms with van der Waals surface area (Å²) < 4.78 is 10.7. The summed E-state index contributed by atoms with van der Waals surface area (Å²) in [6.45, 7) is 5.96. The average Bonchev–Trinajstić information content (AvgIpc) is 3.24. The zero-order valence-corrected chi connectivity index (χ0v) is 18.8. The van der Waals surface area contributed by atoms with Crippen LogP contribution in [0.3, 0.4) is 0 Å². The lowest BCUT2D eigenvalue weighted by Crippen LogP contribution is -2.65. The highest BCUT2D eigenvalue weighted by atomic mass is 16.5. The molecule has 31 heavy (non-hydrogen) atoms. The first-order valence-electron chi connectivity index (χ1n) is 11.9. The third-order valence-corrected chi connectivity index (χ3v) is 10.1. The second-order valence-corrected chi connectivity index (χ2v) is 11.2. The molecule has 0 aromatic carbocycles. The topological polar surface area (TPSA) is 89.9 Å². The van der Waals surface area contributed by atoms with Crippen molar-refractivity contribution >= 4 is 17.7 Å². The highest BCUT2D eigenvalue weighted by Gasteiger charge is 2.71. The largest absolute Gasteiger partial charge is 0.463 e. The van der Waals surface area contributed by atoms with E-state index in [0.717, 1.165) is 44.1 Å². The SMILES string of the molecule is CC(=O)O[C@H]1CC[C@@]2(C)[C@H](CC[C@@H]3[C@@H]2CC(=O)[C@]2(C)[C@@H](C4=CC(=O)OC4)CC[C@]32O)C1. The van der Waals surface area contributed by atoms with Crippen LogP contribution < -0.4 is 0 Å². The summed E-state index contributed by atoms with van der Waals surface area (Å²) in [7, 11) is 0. The molecule has 0 bridgehead atoms. The van der Waals surface area contributed by atoms with E-state index >= 15 is 0 Å². The first kappa shape index (κ1) is 21.2. The van der Waals surface area contributed by atoms with E-state index < -0.39 is 11.0 Å². The van der Waals surface area contributed by atoms with Crippen LogP contribution in [-0.4, -0.2) is 41.1 Å². The highest BCUT2D eigenvalue weighted by Crippen LogP contribution is 2.68. The van der Waals surface area contributed by atoms with E-state index in [1.807, 2.05) is 6.92 Å². The van der Waals surface area contributed by atoms with Crippen molar-refractivity contribution in [2.75, 3.05) is 6.61 Å². The standard InChI is InChI=1S/C25H34O6/c1-14(26)31-17-6-8-23(2)16(11-17)4-5-19-20(23)12-21(27)24(3)18(7-9-25(19,24)29)15-10-22(28)30-13-15/h10,16-20,29H,4-9,11-13H2,1-3H3/t16-,17+,18-,19-,20+,23+,24+,25+/m1/s1. The monoisotopic (exact) mass is 430 g/mol. The van der Waals surface area contributed by atoms with E-state index in [9.17, 15) is 19.5 Å². The molecule has 4 saturated carbocycles. The van der Waals surface area contributed by atoms with Gasteiger partial charge in [0.15, 0.2) is 0 Å². The number of hydrogen-bond acceptors (Lipinski definition) is 6. The third kappa shape index (κ3) is 2.82. The van der Waals surface area contributed by atoms with Gasteiger partial charge in [0, 0.05) is 19.4 Å². The summed E-state index contributed by atoms with van der Waals surface area (Å²) in [5.74, 6) is 0.113. The van der Waals surface area contributed by atoms with Crippen LogP contribution in [0.5, 0.6) is 0 Å². The van der Waals surface area contributed by atoms with Gasteiger partial charge in [-0.25, -0.2) is 4.79 Å². The Hall–Kier alpha value is -1.69. The van der Waals surface area contributed by atoms with Crippen molar-refractivity contribution in [1.29, 1.82) is 0 Å². The number of carbonyl (C=O) groups excluding carboxylic acids is 3.